The lowest BCUT2D eigenvalue weighted by atomic mass is 9.71. The number of benzene rings is 1. The lowest BCUT2D eigenvalue weighted by molar-refractivity contribution is -0.148. The normalized spacial score (nSPS) is 31.8. The molecule has 5 heteroatoms. The Morgan fingerprint density at radius 3 is 2.74 bits per heavy atom. The van der Waals surface area contributed by atoms with Gasteiger partial charge in [0.05, 0.1) is 11.8 Å². The predicted octanol–water partition coefficient (Wildman–Crippen LogP) is 3.05. The van der Waals surface area contributed by atoms with Crippen molar-refractivity contribution in [2.45, 2.75) is 6.92 Å². The monoisotopic (exact) mass is 327 g/mol. The van der Waals surface area contributed by atoms with E-state index in [2.05, 4.69) is 6.08 Å². The van der Waals surface area contributed by atoms with Crippen LogP contribution in [0.4, 0.5) is 5.69 Å². The molecule has 0 saturated carbocycles. The van der Waals surface area contributed by atoms with Crippen LogP contribution in [0.2, 0.25) is 0 Å². The van der Waals surface area contributed by atoms with Crippen LogP contribution in [0.1, 0.15) is 5.56 Å². The molecule has 0 unspecified atom stereocenters. The van der Waals surface area contributed by atoms with Gasteiger partial charge in [-0.25, -0.2) is 0 Å². The molecule has 0 spiro atoms. The van der Waals surface area contributed by atoms with E-state index in [4.69, 9.17) is 0 Å². The van der Waals surface area contributed by atoms with Gasteiger partial charge in [-0.05, 0) is 29.4 Å². The van der Waals surface area contributed by atoms with E-state index in [0.717, 1.165) is 16.2 Å². The summed E-state index contributed by atoms with van der Waals surface area (Å²) in [6, 6.07) is 7.82. The van der Waals surface area contributed by atoms with Crippen molar-refractivity contribution in [3.05, 3.63) is 52.3 Å². The maximum atomic E-state index is 12.9. The van der Waals surface area contributed by atoms with Crippen molar-refractivity contribution in [1.29, 1.82) is 0 Å². The van der Waals surface area contributed by atoms with Crippen LogP contribution in [-0.4, -0.2) is 23.5 Å². The van der Waals surface area contributed by atoms with E-state index in [-0.39, 0.29) is 17.7 Å². The van der Waals surface area contributed by atoms with Gasteiger partial charge in [-0.1, -0.05) is 29.8 Å². The molecule has 1 aliphatic carbocycles. The SMILES string of the molecule is Cc1ccc(N2C[C@@H]3C=C4SC=C[C@@H]4[C@@H](C(=O)O)[C@H]3C2=O)cc1. The van der Waals surface area contributed by atoms with Crippen molar-refractivity contribution in [2.24, 2.45) is 23.7 Å². The summed E-state index contributed by atoms with van der Waals surface area (Å²) in [4.78, 5) is 27.6. The van der Waals surface area contributed by atoms with E-state index in [0.29, 0.717) is 6.54 Å². The number of carboxylic acid groups (broad SMARTS) is 1. The van der Waals surface area contributed by atoms with Gasteiger partial charge in [0.15, 0.2) is 0 Å². The number of aliphatic carboxylic acids is 1. The smallest absolute Gasteiger partial charge is 0.308 e. The van der Waals surface area contributed by atoms with Gasteiger partial charge in [0, 0.05) is 24.1 Å². The first-order chi connectivity index (χ1) is 11.1. The Labute approximate surface area is 138 Å². The fourth-order valence-corrected chi connectivity index (χ4v) is 4.92. The average molecular weight is 327 g/mol. The number of amides is 1. The highest BCUT2D eigenvalue weighted by atomic mass is 32.2. The number of hydrogen-bond acceptors (Lipinski definition) is 3. The molecule has 2 heterocycles. The number of nitrogens with zero attached hydrogens (tertiary/aromatic N) is 1. The molecular formula is C18H17NO3S. The Morgan fingerprint density at radius 2 is 2.04 bits per heavy atom. The summed E-state index contributed by atoms with van der Waals surface area (Å²) in [5.41, 5.74) is 1.99. The van der Waals surface area contributed by atoms with E-state index in [1.165, 1.54) is 0 Å². The molecule has 1 aromatic carbocycles. The van der Waals surface area contributed by atoms with Crippen molar-refractivity contribution in [1.82, 2.24) is 0 Å². The van der Waals surface area contributed by atoms with Crippen molar-refractivity contribution in [2.75, 3.05) is 11.4 Å². The Morgan fingerprint density at radius 1 is 1.30 bits per heavy atom. The number of fused-ring (bicyclic) bond motifs is 2. The number of allylic oxidation sites excluding steroid dienone is 2. The lowest BCUT2D eigenvalue weighted by Gasteiger charge is -2.31. The second-order valence-corrected chi connectivity index (χ2v) is 7.36. The van der Waals surface area contributed by atoms with Gasteiger partial charge >= 0.3 is 5.97 Å². The molecule has 2 aliphatic heterocycles. The van der Waals surface area contributed by atoms with Gasteiger partial charge in [0.25, 0.3) is 0 Å². The maximum absolute atomic E-state index is 12.9. The topological polar surface area (TPSA) is 57.6 Å². The second kappa shape index (κ2) is 5.27. The zero-order valence-electron chi connectivity index (χ0n) is 12.7. The highest BCUT2D eigenvalue weighted by Gasteiger charge is 2.53. The van der Waals surface area contributed by atoms with Gasteiger partial charge in [-0.2, -0.15) is 0 Å². The third-order valence-corrected chi connectivity index (χ3v) is 5.98. The van der Waals surface area contributed by atoms with E-state index in [9.17, 15) is 14.7 Å². The highest BCUT2D eigenvalue weighted by molar-refractivity contribution is 8.06. The van der Waals surface area contributed by atoms with Crippen LogP contribution >= 0.6 is 11.8 Å². The van der Waals surface area contributed by atoms with Crippen LogP contribution in [0.15, 0.2) is 46.7 Å². The molecule has 1 aromatic rings. The van der Waals surface area contributed by atoms with Crippen LogP contribution < -0.4 is 4.90 Å². The number of thioether (sulfide) groups is 1. The third-order valence-electron chi connectivity index (χ3n) is 5.01. The number of hydrogen-bond donors (Lipinski definition) is 1. The standard InChI is InChI=1S/C18H17NO3S/c1-10-2-4-12(5-3-10)19-9-11-8-14-13(6-7-23-14)16(18(21)22)15(11)17(19)20/h2-8,11,13,15-16H,9H2,1H3,(H,21,22)/t11-,13-,15-,16+/m0/s1. The summed E-state index contributed by atoms with van der Waals surface area (Å²) in [5, 5.41) is 11.6. The summed E-state index contributed by atoms with van der Waals surface area (Å²) in [6.07, 6.45) is 4.04. The Kier molecular flexibility index (Phi) is 3.34. The molecule has 4 atom stereocenters. The van der Waals surface area contributed by atoms with E-state index in [1.807, 2.05) is 42.7 Å². The summed E-state index contributed by atoms with van der Waals surface area (Å²) in [6.45, 7) is 2.57. The first kappa shape index (κ1) is 14.6. The van der Waals surface area contributed by atoms with Crippen molar-refractivity contribution < 1.29 is 14.7 Å². The zero-order chi connectivity index (χ0) is 16.1. The fourth-order valence-electron chi connectivity index (χ4n) is 3.88. The number of carbonyl (C=O) groups is 2. The van der Waals surface area contributed by atoms with Crippen LogP contribution in [0.5, 0.6) is 0 Å². The summed E-state index contributed by atoms with van der Waals surface area (Å²) >= 11 is 1.58. The molecule has 3 aliphatic rings. The molecule has 118 valence electrons. The minimum atomic E-state index is -0.873. The molecule has 0 radical (unpaired) electrons. The lowest BCUT2D eigenvalue weighted by Crippen LogP contribution is -2.39. The van der Waals surface area contributed by atoms with Gasteiger partial charge in [-0.15, -0.1) is 11.8 Å². The van der Waals surface area contributed by atoms with E-state index < -0.39 is 17.8 Å². The summed E-state index contributed by atoms with van der Waals surface area (Å²) < 4.78 is 0. The number of aryl methyl sites for hydroxylation is 1. The summed E-state index contributed by atoms with van der Waals surface area (Å²) in [7, 11) is 0. The summed E-state index contributed by atoms with van der Waals surface area (Å²) in [5.74, 6) is -2.24. The predicted molar refractivity (Wildman–Crippen MR) is 89.9 cm³/mol. The minimum Gasteiger partial charge on any atom is -0.481 e. The van der Waals surface area contributed by atoms with Crippen LogP contribution in [0.3, 0.4) is 0 Å². The molecule has 4 rings (SSSR count). The van der Waals surface area contributed by atoms with Crippen molar-refractivity contribution in [3.63, 3.8) is 0 Å². The largest absolute Gasteiger partial charge is 0.481 e. The fraction of sp³-hybridized carbons (Fsp3) is 0.333. The molecule has 23 heavy (non-hydrogen) atoms. The van der Waals surface area contributed by atoms with Gasteiger partial charge in [0.2, 0.25) is 5.91 Å². The number of rotatable bonds is 2. The van der Waals surface area contributed by atoms with E-state index in [1.54, 1.807) is 16.7 Å². The third kappa shape index (κ3) is 2.22. The first-order valence-electron chi connectivity index (χ1n) is 7.72. The first-order valence-corrected chi connectivity index (χ1v) is 8.60. The van der Waals surface area contributed by atoms with Crippen molar-refractivity contribution in [3.8, 4) is 0 Å². The minimum absolute atomic E-state index is 0.0245. The maximum Gasteiger partial charge on any atom is 0.308 e. The van der Waals surface area contributed by atoms with Gasteiger partial charge < -0.3 is 10.0 Å². The van der Waals surface area contributed by atoms with Crippen LogP contribution in [0.25, 0.3) is 0 Å². The number of carbonyl (C=O) groups excluding carboxylic acids is 1. The van der Waals surface area contributed by atoms with E-state index >= 15 is 0 Å². The number of carboxylic acids is 1. The van der Waals surface area contributed by atoms with Crippen LogP contribution in [0, 0.1) is 30.6 Å². The molecule has 1 N–H and O–H groups in total. The Hall–Kier alpha value is -2.01. The molecule has 4 nitrogen and oxygen atoms in total. The quantitative estimate of drug-likeness (QED) is 0.907. The molecule has 1 fully saturated rings. The molecule has 0 bridgehead atoms. The highest BCUT2D eigenvalue weighted by Crippen LogP contribution is 2.50. The molecule has 1 amide bonds. The molecule has 1 saturated heterocycles. The van der Waals surface area contributed by atoms with Crippen molar-refractivity contribution >= 4 is 29.3 Å². The average Bonchev–Trinajstić information content (AvgIpc) is 3.10. The van der Waals surface area contributed by atoms with Gasteiger partial charge in [-0.3, -0.25) is 9.59 Å². The van der Waals surface area contributed by atoms with Crippen LogP contribution in [-0.2, 0) is 9.59 Å². The zero-order valence-corrected chi connectivity index (χ0v) is 13.5. The Bertz CT molecular complexity index is 737. The molecular weight excluding hydrogens is 310 g/mol. The second-order valence-electron chi connectivity index (χ2n) is 6.38. The molecule has 0 aromatic heterocycles. The number of anilines is 1. The van der Waals surface area contributed by atoms with Gasteiger partial charge in [0.1, 0.15) is 0 Å². The Balaban J connectivity index is 1.71.